The van der Waals surface area contributed by atoms with Crippen LogP contribution in [-0.4, -0.2) is 36.4 Å². The van der Waals surface area contributed by atoms with Crippen LogP contribution in [0.3, 0.4) is 0 Å². The number of nitrogen functional groups attached to an aromatic ring is 1. The van der Waals surface area contributed by atoms with E-state index < -0.39 is 0 Å². The van der Waals surface area contributed by atoms with Gasteiger partial charge in [-0.3, -0.25) is 4.79 Å². The van der Waals surface area contributed by atoms with Gasteiger partial charge in [-0.2, -0.15) is 0 Å². The number of hydrogen-bond donors (Lipinski definition) is 2. The van der Waals surface area contributed by atoms with Gasteiger partial charge in [0.2, 0.25) is 5.91 Å². The highest BCUT2D eigenvalue weighted by molar-refractivity contribution is 5.96. The highest BCUT2D eigenvalue weighted by atomic mass is 16.6. The zero-order valence-electron chi connectivity index (χ0n) is 11.0. The maximum atomic E-state index is 11.7. The molecule has 0 fully saturated rings. The zero-order valence-corrected chi connectivity index (χ0v) is 11.0. The second-order valence-corrected chi connectivity index (χ2v) is 4.34. The van der Waals surface area contributed by atoms with Crippen LogP contribution in [0.4, 0.5) is 11.4 Å². The first kappa shape index (κ1) is 13.1. The Bertz CT molecular complexity index is 581. The summed E-state index contributed by atoms with van der Waals surface area (Å²) in [5, 5.41) is 10.4. The molecular weight excluding hydrogens is 246 g/mol. The van der Waals surface area contributed by atoms with Gasteiger partial charge in [0.15, 0.2) is 11.0 Å². The lowest BCUT2D eigenvalue weighted by atomic mass is 10.2. The number of carbonyl (C=O) groups is 1. The van der Waals surface area contributed by atoms with Crippen molar-refractivity contribution in [3.05, 3.63) is 12.1 Å². The molecule has 102 valence electrons. The molecule has 1 amide bonds. The van der Waals surface area contributed by atoms with Gasteiger partial charge < -0.3 is 16.0 Å². The molecule has 19 heavy (non-hydrogen) atoms. The molecule has 1 aromatic carbocycles. The normalized spacial score (nSPS) is 10.6. The molecule has 2 aromatic rings. The molecule has 7 nitrogen and oxygen atoms in total. The van der Waals surface area contributed by atoms with Crippen molar-refractivity contribution in [1.82, 2.24) is 15.6 Å². The van der Waals surface area contributed by atoms with E-state index in [1.54, 1.807) is 17.0 Å². The second-order valence-electron chi connectivity index (χ2n) is 4.34. The number of hydrogen-bond acceptors (Lipinski definition) is 6. The molecule has 0 aliphatic carbocycles. The highest BCUT2D eigenvalue weighted by Gasteiger charge is 2.15. The van der Waals surface area contributed by atoms with Crippen molar-refractivity contribution in [2.75, 3.05) is 30.8 Å². The lowest BCUT2D eigenvalue weighted by Crippen LogP contribution is -2.35. The second kappa shape index (κ2) is 5.55. The van der Waals surface area contributed by atoms with Crippen LogP contribution in [0.25, 0.3) is 11.0 Å². The number of nitrogens with one attached hydrogen (secondary N) is 1. The maximum Gasteiger partial charge on any atom is 0.239 e. The van der Waals surface area contributed by atoms with Crippen molar-refractivity contribution in [3.8, 4) is 0 Å². The largest absolute Gasteiger partial charge is 0.397 e. The summed E-state index contributed by atoms with van der Waals surface area (Å²) >= 11 is 0. The minimum atomic E-state index is -0.0363. The SMILES string of the molecule is CCCNC(=O)CN(C)c1ccc(N)c2nonc12. The number of anilines is 2. The van der Waals surface area contributed by atoms with Crippen LogP contribution >= 0.6 is 0 Å². The van der Waals surface area contributed by atoms with Crippen LogP contribution in [0.15, 0.2) is 16.8 Å². The van der Waals surface area contributed by atoms with Crippen molar-refractivity contribution in [1.29, 1.82) is 0 Å². The first-order valence-electron chi connectivity index (χ1n) is 6.12. The standard InChI is InChI=1S/C12H17N5O2/c1-3-6-14-10(18)7-17(2)9-5-4-8(13)11-12(9)16-19-15-11/h4-5H,3,6-7,13H2,1-2H3,(H,14,18). The summed E-state index contributed by atoms with van der Waals surface area (Å²) in [6, 6.07) is 3.53. The molecule has 0 spiro atoms. The topological polar surface area (TPSA) is 97.3 Å². The summed E-state index contributed by atoms with van der Waals surface area (Å²) in [6.07, 6.45) is 0.911. The summed E-state index contributed by atoms with van der Waals surface area (Å²) in [5.41, 5.74) is 8.11. The monoisotopic (exact) mass is 263 g/mol. The fraction of sp³-hybridized carbons (Fsp3) is 0.417. The summed E-state index contributed by atoms with van der Waals surface area (Å²) in [6.45, 7) is 2.93. The predicted octanol–water partition coefficient (Wildman–Crippen LogP) is 0.767. The molecule has 0 atom stereocenters. The minimum absolute atomic E-state index is 0.0363. The first-order valence-corrected chi connectivity index (χ1v) is 6.12. The first-order chi connectivity index (χ1) is 9.13. The fourth-order valence-corrected chi connectivity index (χ4v) is 1.80. The van der Waals surface area contributed by atoms with E-state index >= 15 is 0 Å². The summed E-state index contributed by atoms with van der Waals surface area (Å²) in [4.78, 5) is 13.5. The van der Waals surface area contributed by atoms with Crippen LogP contribution in [0.2, 0.25) is 0 Å². The molecule has 0 unspecified atom stereocenters. The Labute approximate surface area is 110 Å². The number of carbonyl (C=O) groups excluding carboxylic acids is 1. The molecule has 0 saturated carbocycles. The van der Waals surface area contributed by atoms with Crippen LogP contribution < -0.4 is 16.0 Å². The third-order valence-electron chi connectivity index (χ3n) is 2.79. The molecule has 3 N–H and O–H groups in total. The number of nitrogens with zero attached hydrogens (tertiary/aromatic N) is 3. The van der Waals surface area contributed by atoms with Gasteiger partial charge in [-0.1, -0.05) is 6.92 Å². The van der Waals surface area contributed by atoms with Crippen molar-refractivity contribution in [3.63, 3.8) is 0 Å². The molecular formula is C12H17N5O2. The molecule has 0 bridgehead atoms. The highest BCUT2D eigenvalue weighted by Crippen LogP contribution is 2.27. The number of fused-ring (bicyclic) bond motifs is 1. The number of rotatable bonds is 5. The van der Waals surface area contributed by atoms with Crippen molar-refractivity contribution >= 4 is 28.3 Å². The smallest absolute Gasteiger partial charge is 0.239 e. The third-order valence-corrected chi connectivity index (χ3v) is 2.79. The Morgan fingerprint density at radius 2 is 2.16 bits per heavy atom. The molecule has 1 aromatic heterocycles. The van der Waals surface area contributed by atoms with Gasteiger partial charge in [-0.25, -0.2) is 4.63 Å². The van der Waals surface area contributed by atoms with Crippen LogP contribution in [0, 0.1) is 0 Å². The molecule has 7 heteroatoms. The average Bonchev–Trinajstić information content (AvgIpc) is 2.86. The third kappa shape index (κ3) is 2.75. The molecule has 0 saturated heterocycles. The van der Waals surface area contributed by atoms with Gasteiger partial charge in [0.05, 0.1) is 17.9 Å². The van der Waals surface area contributed by atoms with Gasteiger partial charge in [0, 0.05) is 13.6 Å². The average molecular weight is 263 g/mol. The van der Waals surface area contributed by atoms with E-state index in [1.165, 1.54) is 0 Å². The minimum Gasteiger partial charge on any atom is -0.397 e. The number of nitrogens with two attached hydrogens (primary N) is 1. The van der Waals surface area contributed by atoms with Gasteiger partial charge >= 0.3 is 0 Å². The number of aromatic nitrogens is 2. The number of likely N-dealkylation sites (N-methyl/N-ethyl adjacent to an activating group) is 1. The van der Waals surface area contributed by atoms with E-state index in [9.17, 15) is 4.79 Å². The van der Waals surface area contributed by atoms with E-state index in [1.807, 2.05) is 14.0 Å². The summed E-state index contributed by atoms with van der Waals surface area (Å²) < 4.78 is 4.70. The van der Waals surface area contributed by atoms with Crippen molar-refractivity contribution < 1.29 is 9.42 Å². The molecule has 0 aliphatic rings. The Hall–Kier alpha value is -2.31. The van der Waals surface area contributed by atoms with E-state index in [0.29, 0.717) is 23.3 Å². The Balaban J connectivity index is 2.17. The van der Waals surface area contributed by atoms with E-state index in [2.05, 4.69) is 15.6 Å². The summed E-state index contributed by atoms with van der Waals surface area (Å²) in [5.74, 6) is -0.0363. The summed E-state index contributed by atoms with van der Waals surface area (Å²) in [7, 11) is 1.81. The fourth-order valence-electron chi connectivity index (χ4n) is 1.80. The van der Waals surface area contributed by atoms with Gasteiger partial charge in [-0.15, -0.1) is 0 Å². The molecule has 0 radical (unpaired) electrons. The maximum absolute atomic E-state index is 11.7. The molecule has 0 aliphatic heterocycles. The predicted molar refractivity (Wildman–Crippen MR) is 72.8 cm³/mol. The van der Waals surface area contributed by atoms with Crippen LogP contribution in [0.5, 0.6) is 0 Å². The van der Waals surface area contributed by atoms with E-state index in [0.717, 1.165) is 12.1 Å². The lowest BCUT2D eigenvalue weighted by molar-refractivity contribution is -0.119. The van der Waals surface area contributed by atoms with Crippen LogP contribution in [0.1, 0.15) is 13.3 Å². The van der Waals surface area contributed by atoms with Gasteiger partial charge in [0.1, 0.15) is 0 Å². The van der Waals surface area contributed by atoms with E-state index in [-0.39, 0.29) is 12.5 Å². The Morgan fingerprint density at radius 3 is 2.89 bits per heavy atom. The number of amides is 1. The van der Waals surface area contributed by atoms with Crippen molar-refractivity contribution in [2.45, 2.75) is 13.3 Å². The van der Waals surface area contributed by atoms with Gasteiger partial charge in [0.25, 0.3) is 0 Å². The molecule has 2 rings (SSSR count). The lowest BCUT2D eigenvalue weighted by Gasteiger charge is -2.18. The van der Waals surface area contributed by atoms with E-state index in [4.69, 9.17) is 10.4 Å². The zero-order chi connectivity index (χ0) is 13.8. The van der Waals surface area contributed by atoms with Crippen LogP contribution in [-0.2, 0) is 4.79 Å². The van der Waals surface area contributed by atoms with Gasteiger partial charge in [-0.05, 0) is 28.9 Å². The number of benzene rings is 1. The Morgan fingerprint density at radius 1 is 1.42 bits per heavy atom. The Kier molecular flexibility index (Phi) is 3.84. The quantitative estimate of drug-likeness (QED) is 0.773. The van der Waals surface area contributed by atoms with Crippen molar-refractivity contribution in [2.24, 2.45) is 0 Å². The molecule has 1 heterocycles.